The number of hydrogen-bond donors (Lipinski definition) is 1. The highest BCUT2D eigenvalue weighted by molar-refractivity contribution is 6.16. The highest BCUT2D eigenvalue weighted by atomic mass is 14.5. The van der Waals surface area contributed by atoms with Gasteiger partial charge in [-0.3, -0.25) is 0 Å². The van der Waals surface area contributed by atoms with Crippen molar-refractivity contribution < 1.29 is 0 Å². The molecule has 0 fully saturated rings. The van der Waals surface area contributed by atoms with Gasteiger partial charge in [-0.2, -0.15) is 5.26 Å². The summed E-state index contributed by atoms with van der Waals surface area (Å²) in [6, 6.07) is 44.0. The van der Waals surface area contributed by atoms with Crippen LogP contribution in [0.1, 0.15) is 27.8 Å². The number of rotatable bonds is 3. The smallest absolute Gasteiger partial charge is 0.0912 e. The lowest BCUT2D eigenvalue weighted by Crippen LogP contribution is -2.26. The first-order valence-electron chi connectivity index (χ1n) is 13.8. The van der Waals surface area contributed by atoms with Gasteiger partial charge in [0.25, 0.3) is 0 Å². The first kappa shape index (κ1) is 23.4. The molecule has 2 heteroatoms. The molecule has 1 N–H and O–H groups in total. The summed E-state index contributed by atoms with van der Waals surface area (Å²) in [5, 5.41) is 22.1. The predicted octanol–water partition coefficient (Wildman–Crippen LogP) is 9.45. The topological polar surface area (TPSA) is 47.6 Å². The first-order chi connectivity index (χ1) is 20.3. The Morgan fingerprint density at radius 3 is 1.95 bits per heavy atom. The molecule has 0 bridgehead atoms. The second kappa shape index (κ2) is 8.74. The van der Waals surface area contributed by atoms with Crippen molar-refractivity contribution in [2.24, 2.45) is 0 Å². The quantitative estimate of drug-likeness (QED) is 0.141. The van der Waals surface area contributed by atoms with Crippen LogP contribution in [0, 0.1) is 16.7 Å². The van der Waals surface area contributed by atoms with Crippen LogP contribution in [0.2, 0.25) is 0 Å². The molecule has 0 amide bonds. The lowest BCUT2D eigenvalue weighted by molar-refractivity contribution is 0.795. The van der Waals surface area contributed by atoms with Crippen molar-refractivity contribution in [1.29, 1.82) is 10.7 Å². The maximum atomic E-state index is 9.38. The molecular formula is C39H24N2. The van der Waals surface area contributed by atoms with Gasteiger partial charge >= 0.3 is 0 Å². The second-order valence-electron chi connectivity index (χ2n) is 10.7. The van der Waals surface area contributed by atoms with Crippen molar-refractivity contribution in [3.8, 4) is 28.3 Å². The van der Waals surface area contributed by atoms with Gasteiger partial charge < -0.3 is 5.41 Å². The van der Waals surface area contributed by atoms with Gasteiger partial charge in [-0.1, -0.05) is 109 Å². The Morgan fingerprint density at radius 2 is 1.24 bits per heavy atom. The highest BCUT2D eigenvalue weighted by Gasteiger charge is 2.52. The van der Waals surface area contributed by atoms with E-state index in [2.05, 4.69) is 121 Å². The summed E-state index contributed by atoms with van der Waals surface area (Å²) < 4.78 is 0. The van der Waals surface area contributed by atoms with Gasteiger partial charge in [-0.15, -0.1) is 0 Å². The van der Waals surface area contributed by atoms with Crippen LogP contribution in [0.25, 0.3) is 49.4 Å². The molecule has 2 nitrogen and oxygen atoms in total. The van der Waals surface area contributed by atoms with Gasteiger partial charge in [0.1, 0.15) is 0 Å². The predicted molar refractivity (Wildman–Crippen MR) is 169 cm³/mol. The van der Waals surface area contributed by atoms with E-state index in [0.29, 0.717) is 0 Å². The van der Waals surface area contributed by atoms with Crippen LogP contribution in [0.4, 0.5) is 0 Å². The summed E-state index contributed by atoms with van der Waals surface area (Å²) in [5.41, 5.74) is 11.6. The van der Waals surface area contributed by atoms with Crippen LogP contribution in [0.3, 0.4) is 0 Å². The number of nitrogens with one attached hydrogen (secondary N) is 1. The zero-order chi connectivity index (χ0) is 27.6. The van der Waals surface area contributed by atoms with Gasteiger partial charge in [0, 0.05) is 12.3 Å². The van der Waals surface area contributed by atoms with E-state index in [1.807, 2.05) is 6.08 Å². The Labute approximate surface area is 238 Å². The van der Waals surface area contributed by atoms with Crippen molar-refractivity contribution in [1.82, 2.24) is 0 Å². The summed E-state index contributed by atoms with van der Waals surface area (Å²) in [5.74, 6) is 0. The molecule has 0 aromatic heterocycles. The molecular weight excluding hydrogens is 496 g/mol. The van der Waals surface area contributed by atoms with E-state index in [4.69, 9.17) is 5.41 Å². The maximum Gasteiger partial charge on any atom is 0.0912 e. The SMILES string of the molecule is N#C/C=C/C(=C\C=N)c1cc2c(c3ccccc13)-c1c(ccc3ccccc13)C21c2ccccc2-c2ccccc21. The first-order valence-corrected chi connectivity index (χ1v) is 13.8. The van der Waals surface area contributed by atoms with E-state index >= 15 is 0 Å². The fraction of sp³-hybridized carbons (Fsp3) is 0.0256. The molecule has 0 aliphatic heterocycles. The average Bonchev–Trinajstić information content (AvgIpc) is 3.50. The number of nitriles is 1. The molecule has 6 aromatic rings. The summed E-state index contributed by atoms with van der Waals surface area (Å²) in [6.45, 7) is 0. The van der Waals surface area contributed by atoms with E-state index in [9.17, 15) is 5.26 Å². The normalized spacial score (nSPS) is 14.2. The van der Waals surface area contributed by atoms with Gasteiger partial charge in [-0.05, 0) is 95.4 Å². The van der Waals surface area contributed by atoms with Crippen LogP contribution < -0.4 is 0 Å². The summed E-state index contributed by atoms with van der Waals surface area (Å²) >= 11 is 0. The van der Waals surface area contributed by atoms with Crippen LogP contribution in [-0.4, -0.2) is 6.21 Å². The van der Waals surface area contributed by atoms with Gasteiger partial charge in [0.05, 0.1) is 11.5 Å². The standard InChI is InChI=1S/C39H24N2/c40-22-9-11-26(21-23-41)32-24-36-38(31-16-4-3-13-28(31)32)37-27-12-2-1-10-25(27)19-20-35(37)39(36)33-17-7-5-14-29(33)30-15-6-8-18-34(30)39/h1-21,23-24,41H/b11-9+,26-21+,41-23?. The molecule has 2 aliphatic carbocycles. The van der Waals surface area contributed by atoms with Gasteiger partial charge in [0.2, 0.25) is 0 Å². The molecule has 0 atom stereocenters. The minimum Gasteiger partial charge on any atom is -0.309 e. The largest absolute Gasteiger partial charge is 0.309 e. The van der Waals surface area contributed by atoms with Crippen LogP contribution in [0.15, 0.2) is 133 Å². The fourth-order valence-corrected chi connectivity index (χ4v) is 7.45. The highest BCUT2D eigenvalue weighted by Crippen LogP contribution is 2.65. The third-order valence-corrected chi connectivity index (χ3v) is 8.90. The van der Waals surface area contributed by atoms with Crippen molar-refractivity contribution in [3.63, 3.8) is 0 Å². The number of hydrogen-bond acceptors (Lipinski definition) is 2. The number of nitrogens with zero attached hydrogens (tertiary/aromatic N) is 1. The molecule has 2 aliphatic rings. The lowest BCUT2D eigenvalue weighted by Gasteiger charge is -2.31. The van der Waals surface area contributed by atoms with Gasteiger partial charge in [-0.25, -0.2) is 0 Å². The molecule has 0 saturated heterocycles. The zero-order valence-corrected chi connectivity index (χ0v) is 22.2. The maximum absolute atomic E-state index is 9.38. The molecule has 0 saturated carbocycles. The summed E-state index contributed by atoms with van der Waals surface area (Å²) in [7, 11) is 0. The van der Waals surface area contributed by atoms with Gasteiger partial charge in [0.15, 0.2) is 0 Å². The van der Waals surface area contributed by atoms with Crippen LogP contribution >= 0.6 is 0 Å². The van der Waals surface area contributed by atoms with E-state index < -0.39 is 5.41 Å². The van der Waals surface area contributed by atoms with E-state index in [0.717, 1.165) is 16.5 Å². The second-order valence-corrected chi connectivity index (χ2v) is 10.7. The van der Waals surface area contributed by atoms with Crippen LogP contribution in [0.5, 0.6) is 0 Å². The molecule has 1 spiro atoms. The molecule has 0 unspecified atom stereocenters. The molecule has 6 aromatic carbocycles. The Kier molecular flexibility index (Phi) is 4.99. The van der Waals surface area contributed by atoms with Crippen molar-refractivity contribution in [2.45, 2.75) is 5.41 Å². The number of fused-ring (bicyclic) bond motifs is 14. The molecule has 41 heavy (non-hydrogen) atoms. The van der Waals surface area contributed by atoms with E-state index in [1.54, 1.807) is 6.08 Å². The van der Waals surface area contributed by atoms with E-state index in [-0.39, 0.29) is 0 Å². The Hall–Kier alpha value is -5.52. The van der Waals surface area contributed by atoms with Crippen molar-refractivity contribution in [2.75, 3.05) is 0 Å². The van der Waals surface area contributed by atoms with Crippen LogP contribution in [-0.2, 0) is 5.41 Å². The zero-order valence-electron chi connectivity index (χ0n) is 22.2. The Balaban J connectivity index is 1.64. The third kappa shape index (κ3) is 2.98. The molecule has 0 heterocycles. The third-order valence-electron chi connectivity index (χ3n) is 8.90. The number of benzene rings is 6. The average molecular weight is 521 g/mol. The number of allylic oxidation sites excluding steroid dienone is 4. The summed E-state index contributed by atoms with van der Waals surface area (Å²) in [6.07, 6.45) is 6.40. The van der Waals surface area contributed by atoms with Crippen molar-refractivity contribution in [3.05, 3.63) is 161 Å². The van der Waals surface area contributed by atoms with E-state index in [1.165, 1.54) is 73.0 Å². The Bertz CT molecular complexity index is 2140. The Morgan fingerprint density at radius 1 is 0.634 bits per heavy atom. The minimum absolute atomic E-state index is 0.491. The lowest BCUT2D eigenvalue weighted by atomic mass is 9.70. The summed E-state index contributed by atoms with van der Waals surface area (Å²) in [4.78, 5) is 0. The fourth-order valence-electron chi connectivity index (χ4n) is 7.45. The minimum atomic E-state index is -0.491. The molecule has 0 radical (unpaired) electrons. The monoisotopic (exact) mass is 520 g/mol. The van der Waals surface area contributed by atoms with Crippen molar-refractivity contribution >= 4 is 33.3 Å². The molecule has 8 rings (SSSR count). The molecule has 190 valence electrons.